The number of benzene rings is 1. The Morgan fingerprint density at radius 1 is 1.35 bits per heavy atom. The molecule has 9 heteroatoms. The molecule has 2 aromatic rings. The van der Waals surface area contributed by atoms with Crippen LogP contribution in [0.5, 0.6) is 0 Å². The molecule has 1 N–H and O–H groups in total. The summed E-state index contributed by atoms with van der Waals surface area (Å²) >= 11 is 6.27. The molecule has 0 fully saturated rings. The number of ketones is 1. The number of carbonyl (C=O) groups is 2. The highest BCUT2D eigenvalue weighted by Crippen LogP contribution is 2.37. The van der Waals surface area contributed by atoms with Gasteiger partial charge in [-0.2, -0.15) is 4.68 Å². The summed E-state index contributed by atoms with van der Waals surface area (Å²) in [6, 6.07) is 6.27. The largest absolute Gasteiger partial charge is 0.464 e. The number of nitrogens with one attached hydrogen (secondary N) is 1. The highest BCUT2D eigenvalue weighted by atomic mass is 35.5. The SMILES string of the molecule is COC(=O)C1=C(C(C)=O)[C@H](c2ccccc2Cl)n2nnnc2N1. The maximum Gasteiger partial charge on any atom is 0.355 e. The Balaban J connectivity index is 2.29. The lowest BCUT2D eigenvalue weighted by Gasteiger charge is -2.27. The van der Waals surface area contributed by atoms with E-state index in [0.29, 0.717) is 10.6 Å². The zero-order chi connectivity index (χ0) is 16.6. The van der Waals surface area contributed by atoms with Crippen LogP contribution in [0.4, 0.5) is 5.95 Å². The molecule has 118 valence electrons. The Bertz CT molecular complexity index is 829. The van der Waals surface area contributed by atoms with Crippen molar-refractivity contribution in [3.63, 3.8) is 0 Å². The van der Waals surface area contributed by atoms with Gasteiger partial charge < -0.3 is 10.1 Å². The quantitative estimate of drug-likeness (QED) is 0.846. The summed E-state index contributed by atoms with van der Waals surface area (Å²) in [6.45, 7) is 1.36. The van der Waals surface area contributed by atoms with Crippen LogP contribution in [0.15, 0.2) is 35.5 Å². The maximum absolute atomic E-state index is 12.2. The zero-order valence-corrected chi connectivity index (χ0v) is 13.0. The van der Waals surface area contributed by atoms with Crippen LogP contribution >= 0.6 is 11.6 Å². The first-order valence-corrected chi connectivity index (χ1v) is 7.05. The van der Waals surface area contributed by atoms with Gasteiger partial charge in [0.15, 0.2) is 5.78 Å². The molecule has 23 heavy (non-hydrogen) atoms. The van der Waals surface area contributed by atoms with Gasteiger partial charge in [0.1, 0.15) is 11.7 Å². The molecular formula is C14H12ClN5O3. The maximum atomic E-state index is 12.2. The van der Waals surface area contributed by atoms with Crippen molar-refractivity contribution in [3.8, 4) is 0 Å². The van der Waals surface area contributed by atoms with Crippen LogP contribution in [0.3, 0.4) is 0 Å². The van der Waals surface area contributed by atoms with Crippen molar-refractivity contribution in [2.24, 2.45) is 0 Å². The van der Waals surface area contributed by atoms with E-state index in [1.165, 1.54) is 18.7 Å². The molecule has 8 nitrogen and oxygen atoms in total. The molecule has 0 saturated carbocycles. The van der Waals surface area contributed by atoms with Crippen molar-refractivity contribution in [1.29, 1.82) is 0 Å². The van der Waals surface area contributed by atoms with Gasteiger partial charge in [-0.25, -0.2) is 4.79 Å². The number of fused-ring (bicyclic) bond motifs is 1. The monoisotopic (exact) mass is 333 g/mol. The Morgan fingerprint density at radius 2 is 2.09 bits per heavy atom. The van der Waals surface area contributed by atoms with Crippen molar-refractivity contribution < 1.29 is 14.3 Å². The number of carbonyl (C=O) groups excluding carboxylic acids is 2. The molecule has 0 radical (unpaired) electrons. The first kappa shape index (κ1) is 15.2. The Morgan fingerprint density at radius 3 is 2.74 bits per heavy atom. The van der Waals surface area contributed by atoms with E-state index in [1.807, 2.05) is 0 Å². The van der Waals surface area contributed by atoms with Crippen molar-refractivity contribution in [2.75, 3.05) is 12.4 Å². The van der Waals surface area contributed by atoms with Gasteiger partial charge >= 0.3 is 5.97 Å². The van der Waals surface area contributed by atoms with E-state index in [-0.39, 0.29) is 23.0 Å². The summed E-state index contributed by atoms with van der Waals surface area (Å²) in [5.41, 5.74) is 0.799. The van der Waals surface area contributed by atoms with E-state index < -0.39 is 12.0 Å². The summed E-state index contributed by atoms with van der Waals surface area (Å²) < 4.78 is 6.16. The van der Waals surface area contributed by atoms with Crippen molar-refractivity contribution in [1.82, 2.24) is 20.2 Å². The van der Waals surface area contributed by atoms with Crippen molar-refractivity contribution >= 4 is 29.3 Å². The highest BCUT2D eigenvalue weighted by molar-refractivity contribution is 6.31. The van der Waals surface area contributed by atoms with E-state index in [9.17, 15) is 9.59 Å². The molecule has 1 aromatic carbocycles. The number of anilines is 1. The second-order valence-corrected chi connectivity index (χ2v) is 5.24. The molecule has 2 heterocycles. The number of rotatable bonds is 3. The average molecular weight is 334 g/mol. The molecule has 1 aromatic heterocycles. The van der Waals surface area contributed by atoms with Crippen molar-refractivity contribution in [2.45, 2.75) is 13.0 Å². The standard InChI is InChI=1S/C14H12ClN5O3/c1-7(21)10-11(13(22)23-2)16-14-17-18-19-20(14)12(10)8-5-3-4-6-9(8)15/h3-6,12H,1-2H3,(H,16,17,19)/t12-/m0/s1. The third kappa shape index (κ3) is 2.46. The van der Waals surface area contributed by atoms with E-state index >= 15 is 0 Å². The van der Waals surface area contributed by atoms with Crippen LogP contribution < -0.4 is 5.32 Å². The summed E-state index contributed by atoms with van der Waals surface area (Å²) in [5, 5.41) is 14.5. The molecule has 3 rings (SSSR count). The number of allylic oxidation sites excluding steroid dienone is 1. The summed E-state index contributed by atoms with van der Waals surface area (Å²) in [6.07, 6.45) is 0. The molecule has 0 saturated heterocycles. The van der Waals surface area contributed by atoms with Gasteiger partial charge in [-0.05, 0) is 23.4 Å². The number of tetrazole rings is 1. The van der Waals surface area contributed by atoms with Gasteiger partial charge in [-0.1, -0.05) is 34.9 Å². The van der Waals surface area contributed by atoms with Crippen LogP contribution in [-0.2, 0) is 14.3 Å². The third-order valence-electron chi connectivity index (χ3n) is 3.49. The number of hydrogen-bond acceptors (Lipinski definition) is 7. The number of esters is 1. The number of nitrogens with zero attached hydrogens (tertiary/aromatic N) is 4. The molecule has 0 aliphatic carbocycles. The summed E-state index contributed by atoms with van der Waals surface area (Å²) in [7, 11) is 1.23. The number of ether oxygens (including phenoxy) is 1. The molecule has 1 aliphatic rings. The molecular weight excluding hydrogens is 322 g/mol. The van der Waals surface area contributed by atoms with Gasteiger partial charge in [-0.15, -0.1) is 0 Å². The second kappa shape index (κ2) is 5.81. The lowest BCUT2D eigenvalue weighted by Crippen LogP contribution is -2.32. The predicted octanol–water partition coefficient (Wildman–Crippen LogP) is 1.36. The molecule has 1 atom stereocenters. The minimum atomic E-state index is -0.721. The zero-order valence-electron chi connectivity index (χ0n) is 12.3. The van der Waals surface area contributed by atoms with Gasteiger partial charge in [0.05, 0.1) is 12.7 Å². The number of Topliss-reactive ketones (excluding diaryl/α,β-unsaturated/α-hetero) is 1. The van der Waals surface area contributed by atoms with Crippen LogP contribution in [0.25, 0.3) is 0 Å². The van der Waals surface area contributed by atoms with E-state index in [0.717, 1.165) is 0 Å². The second-order valence-electron chi connectivity index (χ2n) is 4.83. The van der Waals surface area contributed by atoms with Gasteiger partial charge in [-0.3, -0.25) is 4.79 Å². The number of halogens is 1. The lowest BCUT2D eigenvalue weighted by molar-refractivity contribution is -0.136. The Hall–Kier alpha value is -2.74. The smallest absolute Gasteiger partial charge is 0.355 e. The summed E-state index contributed by atoms with van der Waals surface area (Å²) in [4.78, 5) is 24.3. The fourth-order valence-corrected chi connectivity index (χ4v) is 2.74. The number of methoxy groups -OCH3 is 1. The molecule has 0 bridgehead atoms. The molecule has 1 aliphatic heterocycles. The van der Waals surface area contributed by atoms with Gasteiger partial charge in [0, 0.05) is 10.6 Å². The Labute approximate surface area is 136 Å². The molecule has 0 spiro atoms. The van der Waals surface area contributed by atoms with Gasteiger partial charge in [0.25, 0.3) is 0 Å². The minimum absolute atomic E-state index is 0.00668. The normalized spacial score (nSPS) is 16.6. The number of aromatic nitrogens is 4. The van der Waals surface area contributed by atoms with E-state index in [2.05, 4.69) is 20.8 Å². The van der Waals surface area contributed by atoms with Crippen molar-refractivity contribution in [3.05, 3.63) is 46.1 Å². The topological polar surface area (TPSA) is 99.0 Å². The van der Waals surface area contributed by atoms with E-state index in [4.69, 9.17) is 16.3 Å². The summed E-state index contributed by atoms with van der Waals surface area (Å²) in [5.74, 6) is -0.772. The fourth-order valence-electron chi connectivity index (χ4n) is 2.50. The minimum Gasteiger partial charge on any atom is -0.464 e. The predicted molar refractivity (Wildman–Crippen MR) is 80.8 cm³/mol. The van der Waals surface area contributed by atoms with Crippen LogP contribution in [-0.4, -0.2) is 39.1 Å². The third-order valence-corrected chi connectivity index (χ3v) is 3.83. The Kier molecular flexibility index (Phi) is 3.83. The fraction of sp³-hybridized carbons (Fsp3) is 0.214. The van der Waals surface area contributed by atoms with Crippen LogP contribution in [0.1, 0.15) is 18.5 Å². The van der Waals surface area contributed by atoms with E-state index in [1.54, 1.807) is 24.3 Å². The first-order valence-electron chi connectivity index (χ1n) is 6.67. The molecule has 0 unspecified atom stereocenters. The highest BCUT2D eigenvalue weighted by Gasteiger charge is 2.37. The lowest BCUT2D eigenvalue weighted by atomic mass is 9.93. The molecule has 0 amide bonds. The van der Waals surface area contributed by atoms with Crippen LogP contribution in [0.2, 0.25) is 5.02 Å². The van der Waals surface area contributed by atoms with Crippen LogP contribution in [0, 0.1) is 0 Å². The number of hydrogen-bond donors (Lipinski definition) is 1. The first-order chi connectivity index (χ1) is 11.0. The van der Waals surface area contributed by atoms with Gasteiger partial charge in [0.2, 0.25) is 5.95 Å². The average Bonchev–Trinajstić information content (AvgIpc) is 3.01.